The predicted octanol–water partition coefficient (Wildman–Crippen LogP) is 3.82. The summed E-state index contributed by atoms with van der Waals surface area (Å²) in [6.45, 7) is 1.77. The average Bonchev–Trinajstić information content (AvgIpc) is 2.96. The van der Waals surface area contributed by atoms with E-state index in [1.165, 1.54) is 25.3 Å². The molecule has 6 heteroatoms. The van der Waals surface area contributed by atoms with Gasteiger partial charge in [0.25, 0.3) is 0 Å². The molecule has 26 heavy (non-hydrogen) atoms. The lowest BCUT2D eigenvalue weighted by Gasteiger charge is -2.18. The van der Waals surface area contributed by atoms with Gasteiger partial charge in [0.1, 0.15) is 11.6 Å². The Kier molecular flexibility index (Phi) is 3.95. The number of benzene rings is 1. The molecule has 0 bridgehead atoms. The largest absolute Gasteiger partial charge is 0.306 e. The molecular formula is C20H15F2N3O. The molecule has 0 fully saturated rings. The highest BCUT2D eigenvalue weighted by molar-refractivity contribution is 6.01. The number of anilines is 1. The second-order valence-electron chi connectivity index (χ2n) is 6.24. The fraction of sp³-hybridized carbons (Fsp3) is 0.150. The molecule has 1 aromatic carbocycles. The Labute approximate surface area is 149 Å². The molecule has 1 amide bonds. The summed E-state index contributed by atoms with van der Waals surface area (Å²) in [4.78, 5) is 22.4. The summed E-state index contributed by atoms with van der Waals surface area (Å²) in [7, 11) is 0. The van der Waals surface area contributed by atoms with E-state index in [0.29, 0.717) is 23.5 Å². The van der Waals surface area contributed by atoms with Gasteiger partial charge in [-0.3, -0.25) is 14.8 Å². The Morgan fingerprint density at radius 3 is 2.81 bits per heavy atom. The Balaban J connectivity index is 1.75. The lowest BCUT2D eigenvalue weighted by molar-refractivity contribution is -0.117. The van der Waals surface area contributed by atoms with E-state index in [1.807, 2.05) is 12.1 Å². The van der Waals surface area contributed by atoms with Crippen molar-refractivity contribution in [3.63, 3.8) is 0 Å². The number of carbonyl (C=O) groups excluding carboxylic acids is 1. The maximum Gasteiger partial charge on any atom is 0.233 e. The minimum atomic E-state index is -0.616. The third kappa shape index (κ3) is 2.73. The first kappa shape index (κ1) is 16.3. The van der Waals surface area contributed by atoms with Crippen LogP contribution in [0.4, 0.5) is 14.5 Å². The summed E-state index contributed by atoms with van der Waals surface area (Å²) in [6.07, 6.45) is 5.10. The molecule has 0 spiro atoms. The highest BCUT2D eigenvalue weighted by Gasteiger charge is 2.29. The lowest BCUT2D eigenvalue weighted by Crippen LogP contribution is -2.26. The van der Waals surface area contributed by atoms with E-state index in [4.69, 9.17) is 0 Å². The van der Waals surface area contributed by atoms with Crippen LogP contribution in [-0.2, 0) is 17.8 Å². The van der Waals surface area contributed by atoms with Crippen molar-refractivity contribution < 1.29 is 13.6 Å². The van der Waals surface area contributed by atoms with Crippen LogP contribution in [-0.4, -0.2) is 15.9 Å². The average molecular weight is 351 g/mol. The van der Waals surface area contributed by atoms with Crippen LogP contribution in [0.15, 0.2) is 48.9 Å². The number of halogens is 2. The van der Waals surface area contributed by atoms with Crippen LogP contribution in [0.3, 0.4) is 0 Å². The maximum atomic E-state index is 14.5. The number of carbonyl (C=O) groups is 1. The Morgan fingerprint density at radius 2 is 2.04 bits per heavy atom. The summed E-state index contributed by atoms with van der Waals surface area (Å²) in [6, 6.07) is 8.06. The minimum absolute atomic E-state index is 0.0358. The topological polar surface area (TPSA) is 46.1 Å². The fourth-order valence-electron chi connectivity index (χ4n) is 3.10. The first-order valence-electron chi connectivity index (χ1n) is 8.18. The summed E-state index contributed by atoms with van der Waals surface area (Å²) >= 11 is 0. The van der Waals surface area contributed by atoms with E-state index in [1.54, 1.807) is 23.4 Å². The van der Waals surface area contributed by atoms with Crippen LogP contribution in [0.25, 0.3) is 11.1 Å². The van der Waals surface area contributed by atoms with Gasteiger partial charge in [-0.15, -0.1) is 0 Å². The SMILES string of the molecule is Cc1c(F)ccc(-c2cnc3c(c2)N(Cc2cccnc2)C(=O)C3)c1F. The smallest absolute Gasteiger partial charge is 0.233 e. The standard InChI is InChI=1S/C20H15F2N3O/c1-12-16(21)5-4-15(20(12)22)14-7-18-17(24-10-14)8-19(26)25(18)11-13-3-2-6-23-9-13/h2-7,9-10H,8,11H2,1H3. The number of rotatable bonds is 3. The number of amides is 1. The van der Waals surface area contributed by atoms with E-state index < -0.39 is 11.6 Å². The molecule has 0 radical (unpaired) electrons. The molecule has 1 aliphatic rings. The number of aromatic nitrogens is 2. The van der Waals surface area contributed by atoms with Crippen molar-refractivity contribution in [3.05, 3.63) is 77.4 Å². The molecule has 0 aliphatic carbocycles. The van der Waals surface area contributed by atoms with Gasteiger partial charge >= 0.3 is 0 Å². The summed E-state index contributed by atoms with van der Waals surface area (Å²) in [5, 5.41) is 0. The molecular weight excluding hydrogens is 336 g/mol. The van der Waals surface area contributed by atoms with Gasteiger partial charge < -0.3 is 4.90 Å². The molecule has 3 aromatic rings. The number of pyridine rings is 2. The lowest BCUT2D eigenvalue weighted by atomic mass is 10.0. The number of hydrogen-bond donors (Lipinski definition) is 0. The van der Waals surface area contributed by atoms with Gasteiger partial charge in [0.2, 0.25) is 5.91 Å². The highest BCUT2D eigenvalue weighted by Crippen LogP contribution is 2.34. The van der Waals surface area contributed by atoms with E-state index in [-0.39, 0.29) is 23.5 Å². The fourth-order valence-corrected chi connectivity index (χ4v) is 3.10. The number of nitrogens with zero attached hydrogens (tertiary/aromatic N) is 3. The minimum Gasteiger partial charge on any atom is -0.306 e. The molecule has 130 valence electrons. The van der Waals surface area contributed by atoms with Crippen molar-refractivity contribution in [1.29, 1.82) is 0 Å². The van der Waals surface area contributed by atoms with Gasteiger partial charge in [0, 0.05) is 35.3 Å². The number of hydrogen-bond acceptors (Lipinski definition) is 3. The zero-order chi connectivity index (χ0) is 18.3. The molecule has 4 nitrogen and oxygen atoms in total. The molecule has 0 atom stereocenters. The summed E-state index contributed by atoms with van der Waals surface area (Å²) in [5.74, 6) is -1.27. The van der Waals surface area contributed by atoms with Gasteiger partial charge in [0.05, 0.1) is 24.3 Å². The number of fused-ring (bicyclic) bond motifs is 1. The first-order chi connectivity index (χ1) is 12.5. The van der Waals surface area contributed by atoms with Crippen LogP contribution in [0, 0.1) is 18.6 Å². The van der Waals surface area contributed by atoms with E-state index in [0.717, 1.165) is 5.56 Å². The molecule has 1 aliphatic heterocycles. The summed E-state index contributed by atoms with van der Waals surface area (Å²) in [5.41, 5.74) is 2.93. The van der Waals surface area contributed by atoms with Crippen LogP contribution >= 0.6 is 0 Å². The normalized spacial score (nSPS) is 13.2. The molecule has 4 rings (SSSR count). The Hall–Kier alpha value is -3.15. The zero-order valence-corrected chi connectivity index (χ0v) is 14.0. The molecule has 0 saturated carbocycles. The van der Waals surface area contributed by atoms with Gasteiger partial charge in [-0.1, -0.05) is 6.07 Å². The van der Waals surface area contributed by atoms with E-state index in [2.05, 4.69) is 9.97 Å². The second kappa shape index (κ2) is 6.29. The van der Waals surface area contributed by atoms with E-state index in [9.17, 15) is 13.6 Å². The molecule has 2 aromatic heterocycles. The van der Waals surface area contributed by atoms with Crippen molar-refractivity contribution in [2.75, 3.05) is 4.90 Å². The van der Waals surface area contributed by atoms with Gasteiger partial charge in [0.15, 0.2) is 0 Å². The molecule has 3 heterocycles. The first-order valence-corrected chi connectivity index (χ1v) is 8.18. The Morgan fingerprint density at radius 1 is 1.19 bits per heavy atom. The van der Waals surface area contributed by atoms with Gasteiger partial charge in [-0.2, -0.15) is 0 Å². The van der Waals surface area contributed by atoms with Crippen molar-refractivity contribution in [1.82, 2.24) is 9.97 Å². The molecule has 0 saturated heterocycles. The van der Waals surface area contributed by atoms with Crippen molar-refractivity contribution >= 4 is 11.6 Å². The van der Waals surface area contributed by atoms with Gasteiger partial charge in [-0.05, 0) is 36.8 Å². The predicted molar refractivity (Wildman–Crippen MR) is 93.5 cm³/mol. The van der Waals surface area contributed by atoms with Gasteiger partial charge in [-0.25, -0.2) is 8.78 Å². The van der Waals surface area contributed by atoms with Crippen LogP contribution < -0.4 is 4.90 Å². The van der Waals surface area contributed by atoms with Crippen molar-refractivity contribution in [3.8, 4) is 11.1 Å². The van der Waals surface area contributed by atoms with Crippen LogP contribution in [0.2, 0.25) is 0 Å². The highest BCUT2D eigenvalue weighted by atomic mass is 19.1. The summed E-state index contributed by atoms with van der Waals surface area (Å²) < 4.78 is 28.0. The maximum absolute atomic E-state index is 14.5. The molecule has 0 N–H and O–H groups in total. The second-order valence-corrected chi connectivity index (χ2v) is 6.24. The molecule has 0 unspecified atom stereocenters. The van der Waals surface area contributed by atoms with Crippen LogP contribution in [0.5, 0.6) is 0 Å². The third-order valence-corrected chi connectivity index (χ3v) is 4.55. The van der Waals surface area contributed by atoms with Crippen molar-refractivity contribution in [2.24, 2.45) is 0 Å². The zero-order valence-electron chi connectivity index (χ0n) is 14.0. The van der Waals surface area contributed by atoms with E-state index >= 15 is 0 Å². The quantitative estimate of drug-likeness (QED) is 0.721. The Bertz CT molecular complexity index is 1010. The third-order valence-electron chi connectivity index (χ3n) is 4.55. The van der Waals surface area contributed by atoms with Crippen LogP contribution in [0.1, 0.15) is 16.8 Å². The van der Waals surface area contributed by atoms with Crippen molar-refractivity contribution in [2.45, 2.75) is 19.9 Å². The monoisotopic (exact) mass is 351 g/mol.